The molecule has 0 heterocycles. The van der Waals surface area contributed by atoms with Crippen LogP contribution in [0.3, 0.4) is 0 Å². The molecule has 2 nitrogen and oxygen atoms in total. The Bertz CT molecular complexity index is 423. The third kappa shape index (κ3) is 6.50. The minimum atomic E-state index is -0.343. The average Bonchev–Trinajstić information content (AvgIpc) is 2.47. The van der Waals surface area contributed by atoms with E-state index in [1.165, 1.54) is 24.6 Å². The second-order valence-corrected chi connectivity index (χ2v) is 4.93. The lowest BCUT2D eigenvalue weighted by atomic mass is 10.0. The predicted octanol–water partition coefficient (Wildman–Crippen LogP) is 4.60. The highest BCUT2D eigenvalue weighted by molar-refractivity contribution is 5.87. The Morgan fingerprint density at radius 3 is 2.60 bits per heavy atom. The summed E-state index contributed by atoms with van der Waals surface area (Å²) >= 11 is 0. The van der Waals surface area contributed by atoms with Gasteiger partial charge in [-0.15, -0.1) is 0 Å². The van der Waals surface area contributed by atoms with Gasteiger partial charge in [-0.1, -0.05) is 45.2 Å². The van der Waals surface area contributed by atoms with Gasteiger partial charge in [0.2, 0.25) is 0 Å². The van der Waals surface area contributed by atoms with Gasteiger partial charge in [-0.3, -0.25) is 0 Å². The second-order valence-electron chi connectivity index (χ2n) is 4.93. The van der Waals surface area contributed by atoms with Crippen LogP contribution in [-0.4, -0.2) is 12.6 Å². The van der Waals surface area contributed by atoms with Crippen molar-refractivity contribution in [2.45, 2.75) is 39.5 Å². The topological polar surface area (TPSA) is 26.3 Å². The molecule has 0 aliphatic heterocycles. The molecule has 1 aromatic carbocycles. The molecule has 20 heavy (non-hydrogen) atoms. The number of halogens is 1. The molecule has 1 unspecified atom stereocenters. The fourth-order valence-electron chi connectivity index (χ4n) is 1.88. The fraction of sp³-hybridized carbons (Fsp3) is 0.471. The first-order valence-corrected chi connectivity index (χ1v) is 7.26. The van der Waals surface area contributed by atoms with Gasteiger partial charge < -0.3 is 4.74 Å². The normalized spacial score (nSPS) is 12.6. The Labute approximate surface area is 120 Å². The molecule has 0 aliphatic carbocycles. The minimum Gasteiger partial charge on any atom is -0.462 e. The highest BCUT2D eigenvalue weighted by atomic mass is 19.1. The van der Waals surface area contributed by atoms with Crippen molar-refractivity contribution in [1.82, 2.24) is 0 Å². The molecule has 0 amide bonds. The minimum absolute atomic E-state index is 0.286. The molecule has 0 saturated heterocycles. The van der Waals surface area contributed by atoms with E-state index in [1.54, 1.807) is 18.2 Å². The Balaban J connectivity index is 2.37. The summed E-state index contributed by atoms with van der Waals surface area (Å²) in [5, 5.41) is 0. The van der Waals surface area contributed by atoms with Crippen molar-refractivity contribution in [3.05, 3.63) is 41.7 Å². The van der Waals surface area contributed by atoms with Crippen LogP contribution in [0.2, 0.25) is 0 Å². The van der Waals surface area contributed by atoms with Crippen molar-refractivity contribution >= 4 is 12.0 Å². The molecule has 0 aliphatic rings. The number of carbonyl (C=O) groups is 1. The lowest BCUT2D eigenvalue weighted by molar-refractivity contribution is -0.139. The SMILES string of the molecule is CCCCC(CC)COC(=O)C=Cc1ccc(F)cc1. The molecule has 0 aromatic heterocycles. The summed E-state index contributed by atoms with van der Waals surface area (Å²) in [5.41, 5.74) is 0.779. The number of hydrogen-bond acceptors (Lipinski definition) is 2. The summed E-state index contributed by atoms with van der Waals surface area (Å²) in [6.07, 6.45) is 7.47. The maximum Gasteiger partial charge on any atom is 0.330 e. The monoisotopic (exact) mass is 278 g/mol. The highest BCUT2D eigenvalue weighted by Gasteiger charge is 2.08. The quantitative estimate of drug-likeness (QED) is 0.513. The van der Waals surface area contributed by atoms with E-state index >= 15 is 0 Å². The molecule has 3 heteroatoms. The van der Waals surface area contributed by atoms with E-state index in [0.29, 0.717) is 12.5 Å². The molecule has 0 spiro atoms. The summed E-state index contributed by atoms with van der Waals surface area (Å²) in [5.74, 6) is -0.186. The molecular weight excluding hydrogens is 255 g/mol. The average molecular weight is 278 g/mol. The first-order valence-electron chi connectivity index (χ1n) is 7.26. The molecular formula is C17H23FO2. The zero-order valence-electron chi connectivity index (χ0n) is 12.3. The van der Waals surface area contributed by atoms with Gasteiger partial charge in [-0.2, -0.15) is 0 Å². The molecule has 0 saturated carbocycles. The van der Waals surface area contributed by atoms with Crippen molar-refractivity contribution in [1.29, 1.82) is 0 Å². The molecule has 0 fully saturated rings. The van der Waals surface area contributed by atoms with Gasteiger partial charge in [0.05, 0.1) is 6.61 Å². The van der Waals surface area contributed by atoms with Crippen LogP contribution in [0, 0.1) is 11.7 Å². The van der Waals surface area contributed by atoms with E-state index in [4.69, 9.17) is 4.74 Å². The van der Waals surface area contributed by atoms with E-state index in [-0.39, 0.29) is 11.8 Å². The van der Waals surface area contributed by atoms with Crippen LogP contribution < -0.4 is 0 Å². The summed E-state index contributed by atoms with van der Waals surface area (Å²) < 4.78 is 18.0. The van der Waals surface area contributed by atoms with Crippen LogP contribution in [0.15, 0.2) is 30.3 Å². The summed E-state index contributed by atoms with van der Waals surface area (Å²) in [6, 6.07) is 5.97. The third-order valence-electron chi connectivity index (χ3n) is 3.29. The number of rotatable bonds is 8. The van der Waals surface area contributed by atoms with Crippen LogP contribution >= 0.6 is 0 Å². The van der Waals surface area contributed by atoms with Crippen LogP contribution in [0.1, 0.15) is 45.1 Å². The van der Waals surface area contributed by atoms with Gasteiger partial charge in [0.1, 0.15) is 5.82 Å². The lowest BCUT2D eigenvalue weighted by Gasteiger charge is -2.13. The zero-order chi connectivity index (χ0) is 14.8. The molecule has 1 atom stereocenters. The van der Waals surface area contributed by atoms with Gasteiger partial charge >= 0.3 is 5.97 Å². The maximum atomic E-state index is 12.7. The van der Waals surface area contributed by atoms with Crippen LogP contribution in [0.25, 0.3) is 6.08 Å². The number of unbranched alkanes of at least 4 members (excludes halogenated alkanes) is 1. The predicted molar refractivity (Wildman–Crippen MR) is 79.7 cm³/mol. The standard InChI is InChI=1S/C17H23FO2/c1-3-5-6-14(4-2)13-20-17(19)12-9-15-7-10-16(18)11-8-15/h7-12,14H,3-6,13H2,1-2H3. The zero-order valence-corrected chi connectivity index (χ0v) is 12.3. The van der Waals surface area contributed by atoms with E-state index in [2.05, 4.69) is 13.8 Å². The molecule has 110 valence electrons. The van der Waals surface area contributed by atoms with E-state index < -0.39 is 0 Å². The number of ether oxygens (including phenoxy) is 1. The van der Waals surface area contributed by atoms with Crippen molar-refractivity contribution in [3.8, 4) is 0 Å². The molecule has 0 bridgehead atoms. The molecule has 1 rings (SSSR count). The van der Waals surface area contributed by atoms with E-state index in [0.717, 1.165) is 24.8 Å². The van der Waals surface area contributed by atoms with Crippen molar-refractivity contribution in [2.24, 2.45) is 5.92 Å². The van der Waals surface area contributed by atoms with E-state index in [1.807, 2.05) is 0 Å². The lowest BCUT2D eigenvalue weighted by Crippen LogP contribution is -2.12. The molecule has 0 radical (unpaired) electrons. The van der Waals surface area contributed by atoms with Gasteiger partial charge in [0.25, 0.3) is 0 Å². The van der Waals surface area contributed by atoms with Crippen LogP contribution in [0.4, 0.5) is 4.39 Å². The van der Waals surface area contributed by atoms with Crippen molar-refractivity contribution in [3.63, 3.8) is 0 Å². The summed E-state index contributed by atoms with van der Waals surface area (Å²) in [7, 11) is 0. The van der Waals surface area contributed by atoms with Crippen molar-refractivity contribution in [2.75, 3.05) is 6.61 Å². The van der Waals surface area contributed by atoms with Crippen LogP contribution in [-0.2, 0) is 9.53 Å². The number of hydrogen-bond donors (Lipinski definition) is 0. The second kappa shape index (κ2) is 9.29. The van der Waals surface area contributed by atoms with E-state index in [9.17, 15) is 9.18 Å². The van der Waals surface area contributed by atoms with Crippen LogP contribution in [0.5, 0.6) is 0 Å². The van der Waals surface area contributed by atoms with Crippen molar-refractivity contribution < 1.29 is 13.9 Å². The Kier molecular flexibility index (Phi) is 7.63. The van der Waals surface area contributed by atoms with Gasteiger partial charge in [-0.05, 0) is 36.1 Å². The Hall–Kier alpha value is -1.64. The summed E-state index contributed by atoms with van der Waals surface area (Å²) in [6.45, 7) is 4.75. The molecule has 1 aromatic rings. The fourth-order valence-corrected chi connectivity index (χ4v) is 1.88. The first kappa shape index (κ1) is 16.4. The number of carbonyl (C=O) groups excluding carboxylic acids is 1. The number of benzene rings is 1. The Morgan fingerprint density at radius 2 is 2.00 bits per heavy atom. The molecule has 0 N–H and O–H groups in total. The highest BCUT2D eigenvalue weighted by Crippen LogP contribution is 2.13. The summed E-state index contributed by atoms with van der Waals surface area (Å²) in [4.78, 5) is 11.6. The maximum absolute atomic E-state index is 12.7. The largest absolute Gasteiger partial charge is 0.462 e. The third-order valence-corrected chi connectivity index (χ3v) is 3.29. The smallest absolute Gasteiger partial charge is 0.330 e. The van der Waals surface area contributed by atoms with Gasteiger partial charge in [-0.25, -0.2) is 9.18 Å². The van der Waals surface area contributed by atoms with Gasteiger partial charge in [0, 0.05) is 6.08 Å². The first-order chi connectivity index (χ1) is 9.65. The van der Waals surface area contributed by atoms with Gasteiger partial charge in [0.15, 0.2) is 0 Å². The Morgan fingerprint density at radius 1 is 1.30 bits per heavy atom. The number of esters is 1.